The van der Waals surface area contributed by atoms with Crippen LogP contribution in [0.2, 0.25) is 10.4 Å². The van der Waals surface area contributed by atoms with Crippen molar-refractivity contribution in [3.8, 4) is 0 Å². The average molecular weight is 255 g/mol. The predicted octanol–water partition coefficient (Wildman–Crippen LogP) is 3.23. The van der Waals surface area contributed by atoms with Crippen LogP contribution in [0.3, 0.4) is 0 Å². The summed E-state index contributed by atoms with van der Waals surface area (Å²) >= 11 is 11.5. The summed E-state index contributed by atoms with van der Waals surface area (Å²) in [5.41, 5.74) is 2.40. The molecule has 0 aliphatic carbocycles. The number of halogens is 2. The zero-order valence-electron chi connectivity index (χ0n) is 8.41. The first kappa shape index (κ1) is 11.1. The van der Waals surface area contributed by atoms with E-state index in [1.165, 1.54) is 6.20 Å². The number of aryl methyl sites for hydroxylation is 1. The fraction of sp³-hybridized carbons (Fsp3) is 0.100. The molecule has 1 N–H and O–H groups in total. The lowest BCUT2D eigenvalue weighted by Crippen LogP contribution is -1.95. The fourth-order valence-corrected chi connectivity index (χ4v) is 1.56. The molecular formula is C10H8Cl2N4. The molecule has 6 heteroatoms. The number of pyridine rings is 1. The Balaban J connectivity index is 2.27. The van der Waals surface area contributed by atoms with Crippen molar-refractivity contribution in [3.05, 3.63) is 40.7 Å². The van der Waals surface area contributed by atoms with Crippen molar-refractivity contribution in [2.45, 2.75) is 6.92 Å². The van der Waals surface area contributed by atoms with Crippen molar-refractivity contribution >= 4 is 34.6 Å². The topological polar surface area (TPSA) is 50.7 Å². The quantitative estimate of drug-likeness (QED) is 0.661. The third kappa shape index (κ3) is 2.59. The first-order chi connectivity index (χ1) is 7.65. The fourth-order valence-electron chi connectivity index (χ4n) is 1.20. The lowest BCUT2D eigenvalue weighted by Gasteiger charge is -2.07. The molecule has 16 heavy (non-hydrogen) atoms. The van der Waals surface area contributed by atoms with E-state index in [1.54, 1.807) is 6.20 Å². The molecule has 0 aliphatic heterocycles. The van der Waals surface area contributed by atoms with Gasteiger partial charge in [0.15, 0.2) is 5.15 Å². The van der Waals surface area contributed by atoms with Gasteiger partial charge >= 0.3 is 0 Å². The van der Waals surface area contributed by atoms with E-state index in [0.29, 0.717) is 5.69 Å². The van der Waals surface area contributed by atoms with Crippen LogP contribution >= 0.6 is 23.2 Å². The Bertz CT molecular complexity index is 516. The van der Waals surface area contributed by atoms with Gasteiger partial charge in [-0.1, -0.05) is 11.6 Å². The van der Waals surface area contributed by atoms with Gasteiger partial charge in [-0.05, 0) is 30.7 Å². The van der Waals surface area contributed by atoms with Crippen LogP contribution in [0.5, 0.6) is 0 Å². The minimum absolute atomic E-state index is 0.126. The van der Waals surface area contributed by atoms with Crippen LogP contribution < -0.4 is 5.32 Å². The summed E-state index contributed by atoms with van der Waals surface area (Å²) in [7, 11) is 0. The molecule has 2 heterocycles. The van der Waals surface area contributed by atoms with Gasteiger partial charge in [0.2, 0.25) is 5.28 Å². The summed E-state index contributed by atoms with van der Waals surface area (Å²) in [4.78, 5) is 11.8. The second-order valence-electron chi connectivity index (χ2n) is 3.15. The maximum Gasteiger partial charge on any atom is 0.223 e. The summed E-state index contributed by atoms with van der Waals surface area (Å²) in [6.45, 7) is 1.91. The highest BCUT2D eigenvalue weighted by Crippen LogP contribution is 2.23. The van der Waals surface area contributed by atoms with Gasteiger partial charge in [-0.25, -0.2) is 9.97 Å². The lowest BCUT2D eigenvalue weighted by atomic mass is 10.3. The van der Waals surface area contributed by atoms with Crippen LogP contribution in [0.1, 0.15) is 5.69 Å². The Morgan fingerprint density at radius 3 is 2.75 bits per heavy atom. The highest BCUT2D eigenvalue weighted by molar-refractivity contribution is 6.33. The Hall–Kier alpha value is -1.39. The zero-order chi connectivity index (χ0) is 11.5. The van der Waals surface area contributed by atoms with E-state index in [-0.39, 0.29) is 10.4 Å². The summed E-state index contributed by atoms with van der Waals surface area (Å²) in [5, 5.41) is 3.50. The van der Waals surface area contributed by atoms with Gasteiger partial charge in [0.1, 0.15) is 0 Å². The number of nitrogens with zero attached hydrogens (tertiary/aromatic N) is 3. The molecule has 0 saturated carbocycles. The maximum atomic E-state index is 5.91. The summed E-state index contributed by atoms with van der Waals surface area (Å²) in [5.74, 6) is 0. The van der Waals surface area contributed by atoms with Gasteiger partial charge in [-0.15, -0.1) is 0 Å². The second kappa shape index (κ2) is 4.63. The van der Waals surface area contributed by atoms with E-state index in [0.717, 1.165) is 11.4 Å². The molecule has 2 rings (SSSR count). The molecule has 0 aromatic carbocycles. The number of anilines is 2. The number of nitrogens with one attached hydrogen (secondary N) is 1. The molecule has 4 nitrogen and oxygen atoms in total. The van der Waals surface area contributed by atoms with Crippen LogP contribution in [0.25, 0.3) is 0 Å². The van der Waals surface area contributed by atoms with Crippen molar-refractivity contribution in [2.24, 2.45) is 0 Å². The monoisotopic (exact) mass is 254 g/mol. The Morgan fingerprint density at radius 1 is 1.25 bits per heavy atom. The number of hydrogen-bond acceptors (Lipinski definition) is 4. The van der Waals surface area contributed by atoms with Gasteiger partial charge in [-0.3, -0.25) is 4.98 Å². The largest absolute Gasteiger partial charge is 0.352 e. The smallest absolute Gasteiger partial charge is 0.223 e. The summed E-state index contributed by atoms with van der Waals surface area (Å²) in [6.07, 6.45) is 3.25. The van der Waals surface area contributed by atoms with Crippen molar-refractivity contribution < 1.29 is 0 Å². The third-order valence-corrected chi connectivity index (χ3v) is 2.36. The molecule has 0 aliphatic rings. The molecule has 0 spiro atoms. The van der Waals surface area contributed by atoms with Gasteiger partial charge in [-0.2, -0.15) is 0 Å². The molecule has 0 radical (unpaired) electrons. The predicted molar refractivity (Wildman–Crippen MR) is 64.3 cm³/mol. The SMILES string of the molecule is Cc1cc(Nc2cnc(Cl)nc2Cl)ccn1. The van der Waals surface area contributed by atoms with E-state index >= 15 is 0 Å². The van der Waals surface area contributed by atoms with E-state index in [9.17, 15) is 0 Å². The van der Waals surface area contributed by atoms with Gasteiger partial charge in [0.05, 0.1) is 11.9 Å². The molecule has 82 valence electrons. The van der Waals surface area contributed by atoms with Crippen LogP contribution in [0.15, 0.2) is 24.5 Å². The summed E-state index contributed by atoms with van der Waals surface area (Å²) in [6, 6.07) is 3.73. The summed E-state index contributed by atoms with van der Waals surface area (Å²) < 4.78 is 0. The van der Waals surface area contributed by atoms with Crippen LogP contribution in [-0.4, -0.2) is 15.0 Å². The highest BCUT2D eigenvalue weighted by Gasteiger charge is 2.04. The molecule has 0 unspecified atom stereocenters. The van der Waals surface area contributed by atoms with E-state index in [2.05, 4.69) is 20.3 Å². The molecule has 0 fully saturated rings. The highest BCUT2D eigenvalue weighted by atomic mass is 35.5. The van der Waals surface area contributed by atoms with Crippen molar-refractivity contribution in [1.82, 2.24) is 15.0 Å². The van der Waals surface area contributed by atoms with Crippen molar-refractivity contribution in [3.63, 3.8) is 0 Å². The second-order valence-corrected chi connectivity index (χ2v) is 3.85. The van der Waals surface area contributed by atoms with E-state index < -0.39 is 0 Å². The molecule has 2 aromatic rings. The minimum atomic E-state index is 0.126. The first-order valence-electron chi connectivity index (χ1n) is 4.53. The Kier molecular flexibility index (Phi) is 3.22. The van der Waals surface area contributed by atoms with E-state index in [4.69, 9.17) is 23.2 Å². The first-order valence-corrected chi connectivity index (χ1v) is 5.28. The van der Waals surface area contributed by atoms with Crippen molar-refractivity contribution in [1.29, 1.82) is 0 Å². The van der Waals surface area contributed by atoms with Crippen LogP contribution in [-0.2, 0) is 0 Å². The standard InChI is InChI=1S/C10H8Cl2N4/c1-6-4-7(2-3-13-6)15-8-5-14-10(12)16-9(8)11/h2-5H,1H3,(H,13,15). The van der Waals surface area contributed by atoms with Gasteiger partial charge in [0, 0.05) is 17.6 Å². The normalized spacial score (nSPS) is 10.2. The molecule has 0 atom stereocenters. The number of hydrogen-bond donors (Lipinski definition) is 1. The third-order valence-electron chi connectivity index (χ3n) is 1.89. The Labute approximate surface area is 103 Å². The Morgan fingerprint density at radius 2 is 2.06 bits per heavy atom. The van der Waals surface area contributed by atoms with Crippen molar-refractivity contribution in [2.75, 3.05) is 5.32 Å². The number of rotatable bonds is 2. The molecule has 0 saturated heterocycles. The molecular weight excluding hydrogens is 247 g/mol. The molecule has 0 bridgehead atoms. The lowest BCUT2D eigenvalue weighted by molar-refractivity contribution is 1.16. The van der Waals surface area contributed by atoms with Crippen LogP contribution in [0, 0.1) is 6.92 Å². The van der Waals surface area contributed by atoms with Gasteiger partial charge < -0.3 is 5.32 Å². The average Bonchev–Trinajstić information content (AvgIpc) is 2.22. The zero-order valence-corrected chi connectivity index (χ0v) is 9.92. The number of aromatic nitrogens is 3. The maximum absolute atomic E-state index is 5.91. The van der Waals surface area contributed by atoms with E-state index in [1.807, 2.05) is 19.1 Å². The minimum Gasteiger partial charge on any atom is -0.352 e. The molecule has 2 aromatic heterocycles. The molecule has 0 amide bonds. The van der Waals surface area contributed by atoms with Crippen LogP contribution in [0.4, 0.5) is 11.4 Å². The van der Waals surface area contributed by atoms with Gasteiger partial charge in [0.25, 0.3) is 0 Å².